The average molecular weight is 308 g/mol. The van der Waals surface area contributed by atoms with Crippen LogP contribution in [0.5, 0.6) is 0 Å². The third-order valence-corrected chi connectivity index (χ3v) is 3.46. The van der Waals surface area contributed by atoms with Gasteiger partial charge in [-0.05, 0) is 19.1 Å². The minimum Gasteiger partial charge on any atom is -0.391 e. The predicted molar refractivity (Wildman–Crippen MR) is 74.0 cm³/mol. The number of hydrogen-bond acceptors (Lipinski definition) is 6. The first-order valence-electron chi connectivity index (χ1n) is 6.88. The quantitative estimate of drug-likeness (QED) is 0.934. The van der Waals surface area contributed by atoms with E-state index in [1.54, 1.807) is 0 Å². The van der Waals surface area contributed by atoms with E-state index in [0.717, 1.165) is 25.2 Å². The Hall–Kier alpha value is -2.35. The lowest BCUT2D eigenvalue weighted by molar-refractivity contribution is 0.269. The van der Waals surface area contributed by atoms with Gasteiger partial charge in [-0.25, -0.2) is 8.78 Å². The monoisotopic (exact) mass is 308 g/mol. The smallest absolute Gasteiger partial charge is 0.274 e. The van der Waals surface area contributed by atoms with E-state index in [9.17, 15) is 8.78 Å². The first-order chi connectivity index (χ1) is 10.6. The lowest BCUT2D eigenvalue weighted by Gasteiger charge is -2.07. The number of aliphatic hydroxyl groups excluding tert-OH is 1. The van der Waals surface area contributed by atoms with E-state index < -0.39 is 18.2 Å². The van der Waals surface area contributed by atoms with Crippen LogP contribution < -0.4 is 0 Å². The molecule has 116 valence electrons. The molecule has 0 bridgehead atoms. The van der Waals surface area contributed by atoms with Crippen molar-refractivity contribution < 1.29 is 18.4 Å². The van der Waals surface area contributed by atoms with Crippen molar-refractivity contribution in [1.29, 1.82) is 0 Å². The number of hydrazone groups is 1. The van der Waals surface area contributed by atoms with Crippen molar-refractivity contribution in [2.45, 2.75) is 20.0 Å². The zero-order valence-corrected chi connectivity index (χ0v) is 11.9. The van der Waals surface area contributed by atoms with Crippen molar-refractivity contribution in [1.82, 2.24) is 15.1 Å². The van der Waals surface area contributed by atoms with Gasteiger partial charge in [0.25, 0.3) is 5.89 Å². The lowest BCUT2D eigenvalue weighted by atomic mass is 10.1. The van der Waals surface area contributed by atoms with Crippen LogP contribution in [0.1, 0.15) is 24.8 Å². The number of hydrogen-bond donors (Lipinski definition) is 1. The minimum absolute atomic E-state index is 0.0786. The molecule has 0 aliphatic carbocycles. The van der Waals surface area contributed by atoms with Gasteiger partial charge in [-0.15, -0.1) is 0 Å². The first kappa shape index (κ1) is 14.6. The maximum atomic E-state index is 13.7. The van der Waals surface area contributed by atoms with Gasteiger partial charge < -0.3 is 9.63 Å². The second kappa shape index (κ2) is 5.80. The third kappa shape index (κ3) is 2.57. The Morgan fingerprint density at radius 3 is 2.64 bits per heavy atom. The number of aliphatic hydroxyl groups is 1. The molecular formula is C14H14F2N4O2. The third-order valence-electron chi connectivity index (χ3n) is 3.46. The Balaban J connectivity index is 1.92. The van der Waals surface area contributed by atoms with Crippen molar-refractivity contribution in [3.63, 3.8) is 0 Å². The maximum Gasteiger partial charge on any atom is 0.274 e. The molecule has 0 unspecified atom stereocenters. The topological polar surface area (TPSA) is 74.8 Å². The highest BCUT2D eigenvalue weighted by molar-refractivity contribution is 5.97. The summed E-state index contributed by atoms with van der Waals surface area (Å²) in [5.41, 5.74) is 0.424. The highest BCUT2D eigenvalue weighted by Crippen LogP contribution is 2.23. The van der Waals surface area contributed by atoms with Crippen LogP contribution >= 0.6 is 0 Å². The molecule has 6 nitrogen and oxygen atoms in total. The largest absolute Gasteiger partial charge is 0.391 e. The number of nitrogens with zero attached hydrogens (tertiary/aromatic N) is 4. The summed E-state index contributed by atoms with van der Waals surface area (Å²) >= 11 is 0. The van der Waals surface area contributed by atoms with Crippen LogP contribution in [-0.4, -0.2) is 39.1 Å². The van der Waals surface area contributed by atoms with Crippen LogP contribution in [0.15, 0.2) is 21.8 Å². The molecule has 1 aromatic heterocycles. The maximum absolute atomic E-state index is 13.7. The van der Waals surface area contributed by atoms with Crippen LogP contribution in [0.4, 0.5) is 8.78 Å². The molecule has 0 fully saturated rings. The van der Waals surface area contributed by atoms with Gasteiger partial charge in [0.1, 0.15) is 17.3 Å². The Bertz CT molecular complexity index is 706. The van der Waals surface area contributed by atoms with Gasteiger partial charge in [0, 0.05) is 30.6 Å². The lowest BCUT2D eigenvalue weighted by Crippen LogP contribution is -2.11. The van der Waals surface area contributed by atoms with E-state index >= 15 is 0 Å². The molecule has 0 saturated carbocycles. The average Bonchev–Trinajstić information content (AvgIpc) is 3.15. The van der Waals surface area contributed by atoms with Crippen LogP contribution in [0.25, 0.3) is 11.4 Å². The molecule has 2 heterocycles. The summed E-state index contributed by atoms with van der Waals surface area (Å²) in [5, 5.41) is 18.8. The molecule has 22 heavy (non-hydrogen) atoms. The number of halogens is 2. The van der Waals surface area contributed by atoms with Gasteiger partial charge in [-0.3, -0.25) is 5.01 Å². The second-order valence-corrected chi connectivity index (χ2v) is 4.84. The fraction of sp³-hybridized carbons (Fsp3) is 0.357. The van der Waals surface area contributed by atoms with Gasteiger partial charge in [0.2, 0.25) is 5.82 Å². The van der Waals surface area contributed by atoms with Crippen LogP contribution in [0.3, 0.4) is 0 Å². The highest BCUT2D eigenvalue weighted by Gasteiger charge is 2.21. The van der Waals surface area contributed by atoms with Crippen molar-refractivity contribution in [3.05, 3.63) is 35.2 Å². The summed E-state index contributed by atoms with van der Waals surface area (Å²) in [6, 6.07) is 2.14. The molecule has 3 rings (SSSR count). The van der Waals surface area contributed by atoms with E-state index in [2.05, 4.69) is 15.2 Å². The molecule has 0 saturated heterocycles. The summed E-state index contributed by atoms with van der Waals surface area (Å²) in [6.07, 6.45) is 0.682. The Morgan fingerprint density at radius 2 is 2.05 bits per heavy atom. The molecule has 1 aromatic carbocycles. The zero-order valence-electron chi connectivity index (χ0n) is 11.9. The normalized spacial score (nSPS) is 14.5. The fourth-order valence-corrected chi connectivity index (χ4v) is 2.23. The molecule has 0 spiro atoms. The van der Waals surface area contributed by atoms with Crippen molar-refractivity contribution in [2.75, 3.05) is 13.1 Å². The molecule has 2 aromatic rings. The van der Waals surface area contributed by atoms with Crippen LogP contribution in [-0.2, 0) is 6.61 Å². The molecule has 0 atom stereocenters. The van der Waals surface area contributed by atoms with Crippen LogP contribution in [0, 0.1) is 11.6 Å². The number of rotatable bonds is 4. The molecule has 0 amide bonds. The molecule has 0 radical (unpaired) electrons. The van der Waals surface area contributed by atoms with Gasteiger partial charge in [0.05, 0.1) is 6.61 Å². The van der Waals surface area contributed by atoms with Crippen molar-refractivity contribution in [3.8, 4) is 11.4 Å². The summed E-state index contributed by atoms with van der Waals surface area (Å²) in [5.74, 6) is -1.37. The Morgan fingerprint density at radius 1 is 1.32 bits per heavy atom. The summed E-state index contributed by atoms with van der Waals surface area (Å²) in [7, 11) is 0. The number of aromatic nitrogens is 2. The summed E-state index contributed by atoms with van der Waals surface area (Å²) in [4.78, 5) is 4.14. The summed E-state index contributed by atoms with van der Waals surface area (Å²) in [6.45, 7) is 2.83. The van der Waals surface area contributed by atoms with Gasteiger partial charge in [0.15, 0.2) is 0 Å². The molecular weight excluding hydrogens is 294 g/mol. The predicted octanol–water partition coefficient (Wildman–Crippen LogP) is 1.94. The summed E-state index contributed by atoms with van der Waals surface area (Å²) < 4.78 is 32.5. The Kier molecular flexibility index (Phi) is 3.84. The van der Waals surface area contributed by atoms with E-state index in [1.165, 1.54) is 0 Å². The Labute approximate surface area is 125 Å². The minimum atomic E-state index is -0.848. The molecule has 1 aliphatic heterocycles. The standard InChI is InChI=1S/C14H14F2N4O2/c1-2-20-4-3-12(18-20)14-17-13(19-22-14)8-5-10(15)9(7-21)11(16)6-8/h5-6,21H,2-4,7H2,1H3. The number of benzene rings is 1. The van der Waals surface area contributed by atoms with Gasteiger partial charge in [-0.2, -0.15) is 10.1 Å². The SMILES string of the molecule is CCN1CCC(c2nc(-c3cc(F)c(CO)c(F)c3)no2)=N1. The van der Waals surface area contributed by atoms with Gasteiger partial charge in [-0.1, -0.05) is 5.16 Å². The van der Waals surface area contributed by atoms with Crippen molar-refractivity contribution in [2.24, 2.45) is 5.10 Å². The van der Waals surface area contributed by atoms with E-state index in [0.29, 0.717) is 12.1 Å². The highest BCUT2D eigenvalue weighted by atomic mass is 19.1. The fourth-order valence-electron chi connectivity index (χ4n) is 2.23. The van der Waals surface area contributed by atoms with E-state index in [-0.39, 0.29) is 22.8 Å². The van der Waals surface area contributed by atoms with Crippen LogP contribution in [0.2, 0.25) is 0 Å². The van der Waals surface area contributed by atoms with Gasteiger partial charge >= 0.3 is 0 Å². The first-order valence-corrected chi connectivity index (χ1v) is 6.88. The van der Waals surface area contributed by atoms with E-state index in [1.807, 2.05) is 11.9 Å². The molecule has 1 N–H and O–H groups in total. The van der Waals surface area contributed by atoms with Crippen molar-refractivity contribution >= 4 is 5.71 Å². The zero-order chi connectivity index (χ0) is 15.7. The molecule has 8 heteroatoms. The molecule has 1 aliphatic rings. The van der Waals surface area contributed by atoms with E-state index in [4.69, 9.17) is 9.63 Å². The second-order valence-electron chi connectivity index (χ2n) is 4.84.